The first-order valence-corrected chi connectivity index (χ1v) is 15.3. The minimum Gasteiger partial charge on any atom is -0.406 e. The largest absolute Gasteiger partial charge is 0.573 e. The van der Waals surface area contributed by atoms with Crippen molar-refractivity contribution in [3.8, 4) is 22.8 Å². The van der Waals surface area contributed by atoms with Gasteiger partial charge in [0.1, 0.15) is 12.1 Å². The number of amides is 3. The Morgan fingerprint density at radius 2 is 1.76 bits per heavy atom. The van der Waals surface area contributed by atoms with Gasteiger partial charge in [0.2, 0.25) is 5.91 Å². The summed E-state index contributed by atoms with van der Waals surface area (Å²) in [5.74, 6) is 0.474. The van der Waals surface area contributed by atoms with Gasteiger partial charge in [-0.1, -0.05) is 68.1 Å². The van der Waals surface area contributed by atoms with Crippen LogP contribution in [0.3, 0.4) is 0 Å². The maximum absolute atomic E-state index is 12.8. The molecule has 9 nitrogen and oxygen atoms in total. The molecule has 5 rings (SSSR count). The van der Waals surface area contributed by atoms with Gasteiger partial charge in [0.15, 0.2) is 11.0 Å². The lowest BCUT2D eigenvalue weighted by Crippen LogP contribution is -2.34. The highest BCUT2D eigenvalue weighted by Crippen LogP contribution is 2.33. The van der Waals surface area contributed by atoms with E-state index in [0.717, 1.165) is 22.4 Å². The van der Waals surface area contributed by atoms with Gasteiger partial charge in [0.05, 0.1) is 17.1 Å². The monoisotopic (exact) mass is 636 g/mol. The SMILES string of the molecule is CC(CCc1ccc(-c2ncn(-c3ccc(OC(F)(F)F)cc3)n2)cc1)NC(=O)/N=C1\SCC(=O)N1c1ccccc1C(C)C. The number of thioether (sulfide) groups is 1. The van der Waals surface area contributed by atoms with E-state index in [0.29, 0.717) is 29.5 Å². The minimum atomic E-state index is -4.75. The number of rotatable bonds is 9. The highest BCUT2D eigenvalue weighted by atomic mass is 32.2. The number of nitrogens with one attached hydrogen (secondary N) is 1. The number of anilines is 1. The van der Waals surface area contributed by atoms with Crippen molar-refractivity contribution in [2.75, 3.05) is 10.7 Å². The minimum absolute atomic E-state index is 0.105. The molecule has 1 aromatic heterocycles. The fourth-order valence-electron chi connectivity index (χ4n) is 4.79. The number of amidine groups is 1. The van der Waals surface area contributed by atoms with Crippen LogP contribution in [-0.2, 0) is 11.2 Å². The van der Waals surface area contributed by atoms with E-state index >= 15 is 0 Å². The van der Waals surface area contributed by atoms with Crippen molar-refractivity contribution in [2.45, 2.75) is 51.9 Å². The van der Waals surface area contributed by atoms with E-state index in [-0.39, 0.29) is 29.4 Å². The third-order valence-corrected chi connectivity index (χ3v) is 7.96. The maximum Gasteiger partial charge on any atom is 0.573 e. The molecule has 2 heterocycles. The molecular formula is C32H31F3N6O3S. The number of aromatic nitrogens is 3. The molecular weight excluding hydrogens is 605 g/mol. The van der Waals surface area contributed by atoms with Crippen LogP contribution >= 0.6 is 11.8 Å². The van der Waals surface area contributed by atoms with Gasteiger partial charge in [-0.15, -0.1) is 18.3 Å². The number of para-hydroxylation sites is 1. The van der Waals surface area contributed by atoms with Gasteiger partial charge in [0.25, 0.3) is 0 Å². The van der Waals surface area contributed by atoms with Gasteiger partial charge in [-0.2, -0.15) is 4.99 Å². The number of hydrogen-bond donors (Lipinski definition) is 1. The predicted molar refractivity (Wildman–Crippen MR) is 168 cm³/mol. The average Bonchev–Trinajstić information content (AvgIpc) is 3.63. The standard InChI is InChI=1S/C32H31F3N6O3S/c1-20(2)26-6-4-5-7-27(26)41-28(42)18-45-31(41)38-30(43)37-21(3)8-9-22-10-12-23(13-11-22)29-36-19-40(39-29)24-14-16-25(17-15-24)44-32(33,34)35/h4-7,10-17,19-21H,8-9,18H2,1-3H3,(H,37,43)/b38-31-. The number of ether oxygens (including phenoxy) is 1. The predicted octanol–water partition coefficient (Wildman–Crippen LogP) is 7.12. The fourth-order valence-corrected chi connectivity index (χ4v) is 5.65. The van der Waals surface area contributed by atoms with Crippen LogP contribution in [0.5, 0.6) is 5.75 Å². The van der Waals surface area contributed by atoms with Crippen molar-refractivity contribution in [2.24, 2.45) is 4.99 Å². The van der Waals surface area contributed by atoms with Crippen molar-refractivity contribution in [3.63, 3.8) is 0 Å². The van der Waals surface area contributed by atoms with Crippen LogP contribution in [0.15, 0.2) is 84.1 Å². The Hall–Kier alpha value is -4.65. The Balaban J connectivity index is 1.15. The smallest absolute Gasteiger partial charge is 0.406 e. The number of nitrogens with zero attached hydrogens (tertiary/aromatic N) is 5. The number of alkyl halides is 3. The Labute approximate surface area is 262 Å². The van der Waals surface area contributed by atoms with E-state index in [1.54, 1.807) is 0 Å². The molecule has 0 saturated carbocycles. The molecule has 234 valence electrons. The number of halogens is 3. The van der Waals surface area contributed by atoms with Crippen molar-refractivity contribution < 1.29 is 27.5 Å². The van der Waals surface area contributed by atoms with Crippen LogP contribution < -0.4 is 15.0 Å². The van der Waals surface area contributed by atoms with E-state index in [1.807, 2.05) is 55.5 Å². The number of carbonyl (C=O) groups is 2. The number of urea groups is 1. The summed E-state index contributed by atoms with van der Waals surface area (Å²) in [6.07, 6.45) is -1.90. The molecule has 45 heavy (non-hydrogen) atoms. The van der Waals surface area contributed by atoms with Gasteiger partial charge in [-0.3, -0.25) is 9.69 Å². The molecule has 1 fully saturated rings. The molecule has 1 N–H and O–H groups in total. The zero-order valence-electron chi connectivity index (χ0n) is 24.8. The first kappa shape index (κ1) is 31.8. The molecule has 3 aromatic carbocycles. The molecule has 3 amide bonds. The second kappa shape index (κ2) is 13.6. The molecule has 13 heteroatoms. The number of hydrogen-bond acceptors (Lipinski definition) is 6. The van der Waals surface area contributed by atoms with E-state index in [4.69, 9.17) is 0 Å². The summed E-state index contributed by atoms with van der Waals surface area (Å²) >= 11 is 1.25. The number of aryl methyl sites for hydroxylation is 1. The summed E-state index contributed by atoms with van der Waals surface area (Å²) in [4.78, 5) is 35.6. The number of benzene rings is 3. The van der Waals surface area contributed by atoms with Crippen LogP contribution in [0.1, 0.15) is 44.2 Å². The summed E-state index contributed by atoms with van der Waals surface area (Å²) in [5.41, 5.74) is 4.13. The van der Waals surface area contributed by atoms with E-state index in [2.05, 4.69) is 39.0 Å². The second-order valence-corrected chi connectivity index (χ2v) is 11.7. The first-order chi connectivity index (χ1) is 21.5. The summed E-state index contributed by atoms with van der Waals surface area (Å²) < 4.78 is 42.6. The Morgan fingerprint density at radius 1 is 1.04 bits per heavy atom. The van der Waals surface area contributed by atoms with Crippen LogP contribution in [-0.4, -0.2) is 50.0 Å². The van der Waals surface area contributed by atoms with Gasteiger partial charge in [0, 0.05) is 11.6 Å². The lowest BCUT2D eigenvalue weighted by molar-refractivity contribution is -0.274. The summed E-state index contributed by atoms with van der Waals surface area (Å²) in [7, 11) is 0. The number of aliphatic imine (C=N–C) groups is 1. The molecule has 0 radical (unpaired) electrons. The second-order valence-electron chi connectivity index (χ2n) is 10.8. The van der Waals surface area contributed by atoms with Crippen molar-refractivity contribution in [1.82, 2.24) is 20.1 Å². The van der Waals surface area contributed by atoms with Crippen LogP contribution in [0.2, 0.25) is 0 Å². The fraction of sp³-hybridized carbons (Fsp3) is 0.281. The van der Waals surface area contributed by atoms with Gasteiger partial charge >= 0.3 is 12.4 Å². The van der Waals surface area contributed by atoms with Crippen molar-refractivity contribution in [1.29, 1.82) is 0 Å². The van der Waals surface area contributed by atoms with E-state index < -0.39 is 12.4 Å². The molecule has 4 aromatic rings. The lowest BCUT2D eigenvalue weighted by atomic mass is 10.0. The summed E-state index contributed by atoms with van der Waals surface area (Å²) in [6, 6.07) is 20.1. The zero-order valence-corrected chi connectivity index (χ0v) is 25.6. The molecule has 1 aliphatic rings. The zero-order chi connectivity index (χ0) is 32.1. The highest BCUT2D eigenvalue weighted by Gasteiger charge is 2.32. The van der Waals surface area contributed by atoms with Gasteiger partial charge in [-0.05, 0) is 67.1 Å². The topological polar surface area (TPSA) is 102 Å². The third kappa shape index (κ3) is 8.09. The van der Waals surface area contributed by atoms with Crippen LogP contribution in [0.4, 0.5) is 23.7 Å². The maximum atomic E-state index is 12.8. The van der Waals surface area contributed by atoms with E-state index in [9.17, 15) is 22.8 Å². The van der Waals surface area contributed by atoms with Crippen molar-refractivity contribution in [3.05, 3.63) is 90.3 Å². The molecule has 0 aliphatic carbocycles. The summed E-state index contributed by atoms with van der Waals surface area (Å²) in [5, 5.41) is 7.71. The summed E-state index contributed by atoms with van der Waals surface area (Å²) in [6.45, 7) is 6.02. The van der Waals surface area contributed by atoms with Crippen LogP contribution in [0.25, 0.3) is 17.1 Å². The quantitative estimate of drug-likeness (QED) is 0.210. The molecule has 1 aliphatic heterocycles. The highest BCUT2D eigenvalue weighted by molar-refractivity contribution is 8.15. The lowest BCUT2D eigenvalue weighted by Gasteiger charge is -2.21. The molecule has 1 atom stereocenters. The van der Waals surface area contributed by atoms with Gasteiger partial charge in [-0.25, -0.2) is 14.5 Å². The Kier molecular flexibility index (Phi) is 9.57. The van der Waals surface area contributed by atoms with Crippen molar-refractivity contribution >= 4 is 34.6 Å². The number of carbonyl (C=O) groups excluding carboxylic acids is 2. The molecule has 0 spiro atoms. The third-order valence-electron chi connectivity index (χ3n) is 7.04. The average molecular weight is 637 g/mol. The molecule has 1 unspecified atom stereocenters. The first-order valence-electron chi connectivity index (χ1n) is 14.3. The molecule has 1 saturated heterocycles. The normalized spacial score (nSPS) is 15.1. The molecule has 0 bridgehead atoms. The van der Waals surface area contributed by atoms with Crippen LogP contribution in [0, 0.1) is 0 Å². The Bertz CT molecular complexity index is 1690. The Morgan fingerprint density at radius 3 is 2.44 bits per heavy atom. The van der Waals surface area contributed by atoms with E-state index in [1.165, 1.54) is 51.9 Å². The van der Waals surface area contributed by atoms with Gasteiger partial charge < -0.3 is 10.1 Å².